The number of hydrogen-bond acceptors (Lipinski definition) is 5. The van der Waals surface area contributed by atoms with Crippen molar-refractivity contribution in [2.24, 2.45) is 0 Å². The van der Waals surface area contributed by atoms with Crippen molar-refractivity contribution in [3.05, 3.63) is 75.8 Å². The second-order valence-corrected chi connectivity index (χ2v) is 7.39. The zero-order valence-corrected chi connectivity index (χ0v) is 16.3. The first-order valence-electron chi connectivity index (χ1n) is 8.42. The Morgan fingerprint density at radius 3 is 2.62 bits per heavy atom. The van der Waals surface area contributed by atoms with Crippen molar-refractivity contribution in [3.8, 4) is 11.3 Å². The Morgan fingerprint density at radius 2 is 1.90 bits per heavy atom. The number of anilines is 1. The number of amides is 1. The Bertz CT molecular complexity index is 1240. The molecule has 2 aromatic heterocycles. The van der Waals surface area contributed by atoms with Crippen LogP contribution in [-0.4, -0.2) is 31.5 Å². The maximum absolute atomic E-state index is 13.1. The summed E-state index contributed by atoms with van der Waals surface area (Å²) in [6.45, 7) is 0. The summed E-state index contributed by atoms with van der Waals surface area (Å²) in [4.78, 5) is 24.3. The van der Waals surface area contributed by atoms with Crippen LogP contribution in [0.3, 0.4) is 0 Å². The van der Waals surface area contributed by atoms with Gasteiger partial charge in [-0.25, -0.2) is 14.0 Å². The van der Waals surface area contributed by atoms with E-state index in [1.165, 1.54) is 16.6 Å². The Balaban J connectivity index is 1.55. The van der Waals surface area contributed by atoms with E-state index in [9.17, 15) is 14.0 Å². The maximum atomic E-state index is 13.1. The third kappa shape index (κ3) is 4.30. The number of carbonyl (C=O) groups excluding carboxylic acids is 1. The van der Waals surface area contributed by atoms with Gasteiger partial charge >= 0.3 is 0 Å². The zero-order chi connectivity index (χ0) is 20.4. The lowest BCUT2D eigenvalue weighted by molar-refractivity contribution is -0.113. The first-order chi connectivity index (χ1) is 14.0. The minimum atomic E-state index is -0.416. The van der Waals surface area contributed by atoms with Crippen LogP contribution in [0, 0.1) is 5.82 Å². The number of aromatic amines is 1. The number of nitrogens with zero attached hydrogens (tertiary/aromatic N) is 3. The molecule has 0 radical (unpaired) electrons. The molecule has 0 unspecified atom stereocenters. The number of rotatable bonds is 5. The Morgan fingerprint density at radius 1 is 1.17 bits per heavy atom. The van der Waals surface area contributed by atoms with E-state index in [4.69, 9.17) is 11.6 Å². The lowest BCUT2D eigenvalue weighted by Gasteiger charge is -2.05. The monoisotopic (exact) mass is 429 g/mol. The lowest BCUT2D eigenvalue weighted by atomic mass is 10.1. The molecule has 0 aliphatic heterocycles. The van der Waals surface area contributed by atoms with Crippen LogP contribution in [0.2, 0.25) is 5.02 Å². The summed E-state index contributed by atoms with van der Waals surface area (Å²) in [5, 5.41) is 14.5. The summed E-state index contributed by atoms with van der Waals surface area (Å²) in [6.07, 6.45) is 0. The third-order valence-corrected chi connectivity index (χ3v) is 5.16. The highest BCUT2D eigenvalue weighted by Crippen LogP contribution is 2.22. The topological polar surface area (TPSA) is 92.2 Å². The molecule has 0 atom stereocenters. The van der Waals surface area contributed by atoms with Crippen LogP contribution in [0.4, 0.5) is 10.1 Å². The van der Waals surface area contributed by atoms with Crippen LogP contribution in [0.5, 0.6) is 0 Å². The van der Waals surface area contributed by atoms with E-state index in [1.807, 2.05) is 0 Å². The largest absolute Gasteiger partial charge is 0.325 e. The number of fused-ring (bicyclic) bond motifs is 1. The number of hydrogen-bond donors (Lipinski definition) is 2. The fourth-order valence-electron chi connectivity index (χ4n) is 2.61. The molecule has 0 spiro atoms. The highest BCUT2D eigenvalue weighted by Gasteiger charge is 2.14. The minimum Gasteiger partial charge on any atom is -0.325 e. The summed E-state index contributed by atoms with van der Waals surface area (Å²) in [5.74, 6) is -0.549. The molecule has 2 heterocycles. The first kappa shape index (κ1) is 19.2. The number of halogens is 2. The molecule has 2 aromatic carbocycles. The van der Waals surface area contributed by atoms with Gasteiger partial charge in [0.05, 0.1) is 11.4 Å². The molecular weight excluding hydrogens is 417 g/mol. The highest BCUT2D eigenvalue weighted by molar-refractivity contribution is 7.99. The van der Waals surface area contributed by atoms with Gasteiger partial charge in [-0.3, -0.25) is 9.59 Å². The maximum Gasteiger partial charge on any atom is 0.290 e. The molecule has 0 fully saturated rings. The van der Waals surface area contributed by atoms with E-state index in [0.717, 1.165) is 11.8 Å². The van der Waals surface area contributed by atoms with Crippen molar-refractivity contribution in [2.45, 2.75) is 5.16 Å². The minimum absolute atomic E-state index is 0.0580. The molecule has 0 saturated carbocycles. The number of carbonyl (C=O) groups is 1. The third-order valence-electron chi connectivity index (χ3n) is 3.98. The van der Waals surface area contributed by atoms with Gasteiger partial charge in [0.1, 0.15) is 11.3 Å². The van der Waals surface area contributed by atoms with E-state index in [0.29, 0.717) is 27.1 Å². The average molecular weight is 430 g/mol. The molecule has 0 saturated heterocycles. The molecule has 7 nitrogen and oxygen atoms in total. The first-order valence-corrected chi connectivity index (χ1v) is 9.78. The summed E-state index contributed by atoms with van der Waals surface area (Å²) in [5.41, 5.74) is 1.64. The fraction of sp³-hybridized carbons (Fsp3) is 0.0526. The molecule has 2 N–H and O–H groups in total. The van der Waals surface area contributed by atoms with Crippen LogP contribution in [0.15, 0.2) is 64.5 Å². The van der Waals surface area contributed by atoms with Crippen molar-refractivity contribution in [1.29, 1.82) is 0 Å². The van der Waals surface area contributed by atoms with Crippen molar-refractivity contribution in [2.75, 3.05) is 11.1 Å². The molecule has 0 aliphatic carbocycles. The molecular formula is C19H13ClFN5O2S. The van der Waals surface area contributed by atoms with Crippen LogP contribution >= 0.6 is 23.4 Å². The average Bonchev–Trinajstić information content (AvgIpc) is 3.16. The predicted molar refractivity (Wildman–Crippen MR) is 110 cm³/mol. The summed E-state index contributed by atoms with van der Waals surface area (Å²) in [7, 11) is 0. The number of thioether (sulfide) groups is 1. The molecule has 4 rings (SSSR count). The van der Waals surface area contributed by atoms with Gasteiger partial charge in [-0.05, 0) is 54.6 Å². The molecule has 1 amide bonds. The molecule has 10 heteroatoms. The van der Waals surface area contributed by atoms with E-state index in [-0.39, 0.29) is 23.0 Å². The van der Waals surface area contributed by atoms with Crippen molar-refractivity contribution in [3.63, 3.8) is 0 Å². The fourth-order valence-corrected chi connectivity index (χ4v) is 3.44. The highest BCUT2D eigenvalue weighted by atomic mass is 35.5. The second kappa shape index (κ2) is 8.06. The van der Waals surface area contributed by atoms with Crippen LogP contribution in [-0.2, 0) is 4.79 Å². The molecule has 0 bridgehead atoms. The second-order valence-electron chi connectivity index (χ2n) is 6.01. The van der Waals surface area contributed by atoms with Gasteiger partial charge in [0.2, 0.25) is 11.1 Å². The van der Waals surface area contributed by atoms with Crippen molar-refractivity contribution in [1.82, 2.24) is 19.8 Å². The van der Waals surface area contributed by atoms with E-state index in [1.54, 1.807) is 42.5 Å². The van der Waals surface area contributed by atoms with Crippen molar-refractivity contribution >= 4 is 40.5 Å². The number of nitrogens with one attached hydrogen (secondary N) is 2. The molecule has 146 valence electrons. The van der Waals surface area contributed by atoms with Crippen molar-refractivity contribution < 1.29 is 9.18 Å². The van der Waals surface area contributed by atoms with Gasteiger partial charge in [0, 0.05) is 16.3 Å². The number of aromatic nitrogens is 4. The van der Waals surface area contributed by atoms with Gasteiger partial charge in [-0.1, -0.05) is 23.4 Å². The van der Waals surface area contributed by atoms with E-state index in [2.05, 4.69) is 20.6 Å². The van der Waals surface area contributed by atoms with Crippen LogP contribution < -0.4 is 10.9 Å². The number of benzene rings is 2. The summed E-state index contributed by atoms with van der Waals surface area (Å²) < 4.78 is 14.5. The summed E-state index contributed by atoms with van der Waals surface area (Å²) >= 11 is 6.95. The van der Waals surface area contributed by atoms with Gasteiger partial charge in [-0.15, -0.1) is 5.10 Å². The van der Waals surface area contributed by atoms with Gasteiger partial charge in [-0.2, -0.15) is 5.10 Å². The molecule has 29 heavy (non-hydrogen) atoms. The van der Waals surface area contributed by atoms with E-state index >= 15 is 0 Å². The molecule has 4 aromatic rings. The number of H-pyrrole nitrogens is 1. The normalized spacial score (nSPS) is 11.0. The quantitative estimate of drug-likeness (QED) is 0.473. The Labute approximate surface area is 172 Å². The zero-order valence-electron chi connectivity index (χ0n) is 14.7. The van der Waals surface area contributed by atoms with Gasteiger partial charge in [0.25, 0.3) is 5.56 Å². The lowest BCUT2D eigenvalue weighted by Crippen LogP contribution is -2.17. The van der Waals surface area contributed by atoms with Crippen LogP contribution in [0.25, 0.3) is 16.8 Å². The molecule has 0 aliphatic rings. The predicted octanol–water partition coefficient (Wildman–Crippen LogP) is 3.61. The Kier molecular flexibility index (Phi) is 5.32. The smallest absolute Gasteiger partial charge is 0.290 e. The van der Waals surface area contributed by atoms with Crippen LogP contribution in [0.1, 0.15) is 0 Å². The summed E-state index contributed by atoms with van der Waals surface area (Å²) in [6, 6.07) is 14.1. The Hall–Kier alpha value is -3.17. The SMILES string of the molecule is O=C(CSc1n[nH]c(=O)c2cc(-c3ccc(F)cc3)nn12)Nc1ccc(Cl)cc1. The standard InChI is InChI=1S/C19H13ClFN5O2S/c20-12-3-7-14(8-4-12)22-17(27)10-29-19-24-23-18(28)16-9-15(25-26(16)19)11-1-5-13(21)6-2-11/h1-9H,10H2,(H,22,27)(H,23,28). The van der Waals surface area contributed by atoms with E-state index < -0.39 is 5.56 Å². The van der Waals surface area contributed by atoms with Gasteiger partial charge < -0.3 is 5.32 Å². The van der Waals surface area contributed by atoms with Gasteiger partial charge in [0.15, 0.2) is 0 Å².